The van der Waals surface area contributed by atoms with Gasteiger partial charge in [0.2, 0.25) is 5.91 Å². The van der Waals surface area contributed by atoms with E-state index in [-0.39, 0.29) is 35.7 Å². The van der Waals surface area contributed by atoms with Gasteiger partial charge in [0.15, 0.2) is 0 Å². The van der Waals surface area contributed by atoms with Crippen LogP contribution in [0.3, 0.4) is 0 Å². The average Bonchev–Trinajstić information content (AvgIpc) is 3.20. The second kappa shape index (κ2) is 5.10. The van der Waals surface area contributed by atoms with Crippen LogP contribution in [0.4, 0.5) is 0 Å². The van der Waals surface area contributed by atoms with Crippen LogP contribution in [0.5, 0.6) is 0 Å². The Labute approximate surface area is 137 Å². The van der Waals surface area contributed by atoms with Gasteiger partial charge in [-0.2, -0.15) is 0 Å². The summed E-state index contributed by atoms with van der Waals surface area (Å²) in [4.78, 5) is 24.5. The van der Waals surface area contributed by atoms with Crippen molar-refractivity contribution >= 4 is 24.3 Å². The molecule has 2 unspecified atom stereocenters. The van der Waals surface area contributed by atoms with E-state index in [1.807, 2.05) is 0 Å². The van der Waals surface area contributed by atoms with Gasteiger partial charge >= 0.3 is 5.97 Å². The summed E-state index contributed by atoms with van der Waals surface area (Å²) >= 11 is 0. The Morgan fingerprint density at radius 3 is 2.23 bits per heavy atom. The van der Waals surface area contributed by atoms with E-state index < -0.39 is 5.54 Å². The predicted molar refractivity (Wildman–Crippen MR) is 83.3 cm³/mol. The highest BCUT2D eigenvalue weighted by Gasteiger charge is 2.60. The van der Waals surface area contributed by atoms with E-state index in [0.717, 1.165) is 44.9 Å². The molecule has 5 fully saturated rings. The third-order valence-corrected chi connectivity index (χ3v) is 6.43. The number of carbonyl (C=O) groups is 2. The molecule has 0 saturated heterocycles. The summed E-state index contributed by atoms with van der Waals surface area (Å²) < 4.78 is 5.07. The van der Waals surface area contributed by atoms with Gasteiger partial charge in [-0.25, -0.2) is 0 Å². The van der Waals surface area contributed by atoms with Crippen LogP contribution in [0.25, 0.3) is 0 Å². The lowest BCUT2D eigenvalue weighted by Gasteiger charge is -2.58. The Balaban J connectivity index is 0.00000144. The first kappa shape index (κ1) is 16.1. The monoisotopic (exact) mass is 328 g/mol. The maximum absolute atomic E-state index is 12.3. The highest BCUT2D eigenvalue weighted by atomic mass is 35.5. The smallest absolute Gasteiger partial charge is 0.311 e. The zero-order valence-corrected chi connectivity index (χ0v) is 13.8. The van der Waals surface area contributed by atoms with Crippen LogP contribution in [0, 0.1) is 23.2 Å². The van der Waals surface area contributed by atoms with Crippen molar-refractivity contribution in [1.29, 1.82) is 0 Å². The fourth-order valence-electron chi connectivity index (χ4n) is 5.38. The van der Waals surface area contributed by atoms with Crippen molar-refractivity contribution < 1.29 is 14.3 Å². The van der Waals surface area contributed by atoms with Gasteiger partial charge in [0.1, 0.15) is 0 Å². The first-order valence-electron chi connectivity index (χ1n) is 8.14. The number of nitrogens with one attached hydrogen (secondary N) is 1. The third-order valence-electron chi connectivity index (χ3n) is 6.43. The lowest BCUT2D eigenvalue weighted by atomic mass is 9.48. The van der Waals surface area contributed by atoms with E-state index in [9.17, 15) is 9.59 Å². The molecule has 2 atom stereocenters. The molecule has 6 heteroatoms. The molecule has 3 N–H and O–H groups in total. The number of esters is 1. The van der Waals surface area contributed by atoms with Crippen LogP contribution in [0.15, 0.2) is 0 Å². The first-order valence-corrected chi connectivity index (χ1v) is 8.14. The number of halogens is 1. The minimum atomic E-state index is -0.602. The first-order chi connectivity index (χ1) is 9.96. The van der Waals surface area contributed by atoms with Gasteiger partial charge in [0.05, 0.1) is 18.1 Å². The van der Waals surface area contributed by atoms with E-state index in [1.54, 1.807) is 0 Å². The summed E-state index contributed by atoms with van der Waals surface area (Å²) in [6.45, 7) is 0. The molecule has 22 heavy (non-hydrogen) atoms. The molecule has 5 nitrogen and oxygen atoms in total. The molecule has 0 radical (unpaired) electrons. The van der Waals surface area contributed by atoms with Gasteiger partial charge in [-0.3, -0.25) is 9.59 Å². The summed E-state index contributed by atoms with van der Waals surface area (Å²) in [5.41, 5.74) is 5.13. The largest absolute Gasteiger partial charge is 0.469 e. The summed E-state index contributed by atoms with van der Waals surface area (Å²) in [6.07, 6.45) is 6.60. The molecule has 5 aliphatic carbocycles. The number of amides is 1. The Morgan fingerprint density at radius 2 is 1.73 bits per heavy atom. The molecule has 0 spiro atoms. The van der Waals surface area contributed by atoms with Crippen LogP contribution in [0.1, 0.15) is 44.9 Å². The van der Waals surface area contributed by atoms with Crippen molar-refractivity contribution in [2.24, 2.45) is 28.9 Å². The zero-order valence-electron chi connectivity index (χ0n) is 13.0. The van der Waals surface area contributed by atoms with Crippen molar-refractivity contribution in [2.75, 3.05) is 7.11 Å². The molecule has 124 valence electrons. The molecule has 0 aromatic heterocycles. The molecular formula is C16H25ClN2O3. The van der Waals surface area contributed by atoms with E-state index >= 15 is 0 Å². The normalized spacial score (nSPS) is 43.2. The minimum Gasteiger partial charge on any atom is -0.469 e. The summed E-state index contributed by atoms with van der Waals surface area (Å²) in [5, 5.41) is 3.22. The highest BCUT2D eigenvalue weighted by molar-refractivity contribution is 5.89. The van der Waals surface area contributed by atoms with Crippen LogP contribution >= 0.6 is 12.4 Å². The highest BCUT2D eigenvalue weighted by Crippen LogP contribution is 2.60. The van der Waals surface area contributed by atoms with Crippen LogP contribution in [0.2, 0.25) is 0 Å². The molecule has 1 amide bonds. The van der Waals surface area contributed by atoms with Gasteiger partial charge in [-0.1, -0.05) is 0 Å². The molecule has 0 heterocycles. The Kier molecular flexibility index (Phi) is 3.72. The Morgan fingerprint density at radius 1 is 1.14 bits per heavy atom. The number of hydrogen-bond donors (Lipinski definition) is 2. The SMILES string of the molecule is COC(=O)C12CC3CC(C1)C(NC(=O)C1(N)CC1)C(C3)C2.Cl. The summed E-state index contributed by atoms with van der Waals surface area (Å²) in [7, 11) is 1.49. The fraction of sp³-hybridized carbons (Fsp3) is 0.875. The number of carbonyl (C=O) groups excluding carboxylic acids is 2. The number of methoxy groups -OCH3 is 1. The molecule has 0 aromatic rings. The molecule has 5 rings (SSSR count). The fourth-order valence-corrected chi connectivity index (χ4v) is 5.38. The van der Waals surface area contributed by atoms with Crippen molar-refractivity contribution in [3.8, 4) is 0 Å². The van der Waals surface area contributed by atoms with E-state index in [4.69, 9.17) is 10.5 Å². The van der Waals surface area contributed by atoms with Gasteiger partial charge in [0.25, 0.3) is 0 Å². The van der Waals surface area contributed by atoms with Crippen LogP contribution in [-0.4, -0.2) is 30.6 Å². The lowest BCUT2D eigenvalue weighted by molar-refractivity contribution is -0.171. The topological polar surface area (TPSA) is 81.4 Å². The minimum absolute atomic E-state index is 0. The van der Waals surface area contributed by atoms with E-state index in [0.29, 0.717) is 17.8 Å². The van der Waals surface area contributed by atoms with Crippen LogP contribution in [-0.2, 0) is 14.3 Å². The summed E-state index contributed by atoms with van der Waals surface area (Å²) in [6, 6.07) is 0.216. The van der Waals surface area contributed by atoms with Crippen molar-refractivity contribution in [3.05, 3.63) is 0 Å². The van der Waals surface area contributed by atoms with E-state index in [2.05, 4.69) is 5.32 Å². The maximum atomic E-state index is 12.3. The third kappa shape index (κ3) is 2.24. The zero-order chi connectivity index (χ0) is 14.8. The average molecular weight is 329 g/mol. The molecule has 4 bridgehead atoms. The van der Waals surface area contributed by atoms with Gasteiger partial charge in [0, 0.05) is 6.04 Å². The second-order valence-corrected chi connectivity index (χ2v) is 7.90. The van der Waals surface area contributed by atoms with Gasteiger partial charge in [-0.15, -0.1) is 12.4 Å². The summed E-state index contributed by atoms with van der Waals surface area (Å²) in [5.74, 6) is 1.45. The van der Waals surface area contributed by atoms with Crippen molar-refractivity contribution in [1.82, 2.24) is 5.32 Å². The Hall–Kier alpha value is -0.810. The van der Waals surface area contributed by atoms with Crippen LogP contribution < -0.4 is 11.1 Å². The van der Waals surface area contributed by atoms with Gasteiger partial charge in [-0.05, 0) is 62.7 Å². The van der Waals surface area contributed by atoms with Gasteiger partial charge < -0.3 is 15.8 Å². The number of rotatable bonds is 3. The second-order valence-electron chi connectivity index (χ2n) is 7.90. The molecule has 5 aliphatic rings. The number of nitrogens with two attached hydrogens (primary N) is 1. The lowest BCUT2D eigenvalue weighted by Crippen LogP contribution is -2.62. The molecular weight excluding hydrogens is 304 g/mol. The number of ether oxygens (including phenoxy) is 1. The quantitative estimate of drug-likeness (QED) is 0.767. The predicted octanol–water partition coefficient (Wildman–Crippen LogP) is 1.38. The molecule has 0 aliphatic heterocycles. The van der Waals surface area contributed by atoms with E-state index in [1.165, 1.54) is 7.11 Å². The van der Waals surface area contributed by atoms with Crippen molar-refractivity contribution in [3.63, 3.8) is 0 Å². The molecule has 0 aromatic carbocycles. The Bertz CT molecular complexity index is 490. The number of hydrogen-bond acceptors (Lipinski definition) is 4. The maximum Gasteiger partial charge on any atom is 0.311 e. The standard InChI is InChI=1S/C16H24N2O3.ClH/c1-21-14(20)15-6-9-4-10(7-15)12(11(5-9)8-15)18-13(19)16(17)2-3-16;/h9-12H,2-8,17H2,1H3,(H,18,19);1H. The molecule has 5 saturated carbocycles. The van der Waals surface area contributed by atoms with Crippen molar-refractivity contribution in [2.45, 2.75) is 56.5 Å².